The van der Waals surface area contributed by atoms with Crippen molar-refractivity contribution in [3.05, 3.63) is 29.3 Å². The van der Waals surface area contributed by atoms with Crippen molar-refractivity contribution in [2.45, 2.75) is 32.4 Å². The van der Waals surface area contributed by atoms with Crippen molar-refractivity contribution in [2.75, 3.05) is 20.3 Å². The third-order valence-electron chi connectivity index (χ3n) is 3.77. The van der Waals surface area contributed by atoms with Crippen LogP contribution >= 0.6 is 0 Å². The number of benzene rings is 1. The van der Waals surface area contributed by atoms with Gasteiger partial charge in [0, 0.05) is 23.7 Å². The lowest BCUT2D eigenvalue weighted by molar-refractivity contribution is 0.101. The quantitative estimate of drug-likeness (QED) is 0.824. The fraction of sp³-hybridized carbons (Fsp3) is 0.533. The van der Waals surface area contributed by atoms with E-state index in [0.29, 0.717) is 5.56 Å². The number of ether oxygens (including phenoxy) is 1. The molecule has 104 valence electrons. The Morgan fingerprint density at radius 1 is 1.53 bits per heavy atom. The Labute approximate surface area is 114 Å². The van der Waals surface area contributed by atoms with E-state index in [1.807, 2.05) is 12.1 Å². The maximum absolute atomic E-state index is 11.5. The molecular weight excluding hydrogens is 242 g/mol. The minimum atomic E-state index is 0.0593. The molecule has 1 unspecified atom stereocenters. The summed E-state index contributed by atoms with van der Waals surface area (Å²) in [6.07, 6.45) is 2.14. The van der Waals surface area contributed by atoms with Crippen LogP contribution in [0.4, 0.5) is 0 Å². The Balaban J connectivity index is 2.22. The Morgan fingerprint density at radius 3 is 2.95 bits per heavy atom. The summed E-state index contributed by atoms with van der Waals surface area (Å²) >= 11 is 0. The van der Waals surface area contributed by atoms with Crippen molar-refractivity contribution < 1.29 is 14.6 Å². The van der Waals surface area contributed by atoms with Gasteiger partial charge in [-0.2, -0.15) is 0 Å². The van der Waals surface area contributed by atoms with Crippen molar-refractivity contribution in [1.82, 2.24) is 4.90 Å². The van der Waals surface area contributed by atoms with E-state index >= 15 is 0 Å². The molecule has 0 spiro atoms. The number of hydrogen-bond donors (Lipinski definition) is 1. The van der Waals surface area contributed by atoms with Crippen molar-refractivity contribution in [1.29, 1.82) is 0 Å². The smallest absolute Gasteiger partial charge is 0.159 e. The molecule has 0 aromatic heterocycles. The Kier molecular flexibility index (Phi) is 4.56. The minimum Gasteiger partial charge on any atom is -0.496 e. The fourth-order valence-electron chi connectivity index (χ4n) is 2.65. The molecule has 1 fully saturated rings. The number of aliphatic hydroxyl groups is 1. The minimum absolute atomic E-state index is 0.0593. The third-order valence-corrected chi connectivity index (χ3v) is 3.77. The van der Waals surface area contributed by atoms with Crippen LogP contribution in [0.1, 0.15) is 35.7 Å². The van der Waals surface area contributed by atoms with Crippen molar-refractivity contribution >= 4 is 5.78 Å². The first-order valence-corrected chi connectivity index (χ1v) is 6.68. The van der Waals surface area contributed by atoms with Gasteiger partial charge in [-0.25, -0.2) is 0 Å². The lowest BCUT2D eigenvalue weighted by atomic mass is 10.1. The molecule has 1 heterocycles. The van der Waals surface area contributed by atoms with Gasteiger partial charge in [0.15, 0.2) is 5.78 Å². The van der Waals surface area contributed by atoms with Crippen LogP contribution in [0.5, 0.6) is 5.75 Å². The second kappa shape index (κ2) is 6.17. The van der Waals surface area contributed by atoms with E-state index in [1.54, 1.807) is 20.1 Å². The van der Waals surface area contributed by atoms with Crippen LogP contribution in [-0.4, -0.2) is 42.1 Å². The maximum atomic E-state index is 11.5. The summed E-state index contributed by atoms with van der Waals surface area (Å²) in [7, 11) is 1.64. The summed E-state index contributed by atoms with van der Waals surface area (Å²) in [5.41, 5.74) is 1.71. The number of ketones is 1. The van der Waals surface area contributed by atoms with E-state index in [0.717, 1.165) is 37.2 Å². The molecule has 1 N–H and O–H groups in total. The topological polar surface area (TPSA) is 49.8 Å². The highest BCUT2D eigenvalue weighted by molar-refractivity contribution is 5.94. The summed E-state index contributed by atoms with van der Waals surface area (Å²) in [5, 5.41) is 9.36. The van der Waals surface area contributed by atoms with E-state index in [2.05, 4.69) is 4.90 Å². The first kappa shape index (κ1) is 14.0. The number of methoxy groups -OCH3 is 1. The zero-order valence-corrected chi connectivity index (χ0v) is 11.6. The van der Waals surface area contributed by atoms with E-state index in [-0.39, 0.29) is 18.4 Å². The van der Waals surface area contributed by atoms with Gasteiger partial charge in [0.1, 0.15) is 5.75 Å². The number of hydrogen-bond acceptors (Lipinski definition) is 4. The molecule has 19 heavy (non-hydrogen) atoms. The molecule has 0 amide bonds. The van der Waals surface area contributed by atoms with Gasteiger partial charge in [0.05, 0.1) is 13.7 Å². The highest BCUT2D eigenvalue weighted by atomic mass is 16.5. The number of carbonyl (C=O) groups excluding carboxylic acids is 1. The summed E-state index contributed by atoms with van der Waals surface area (Å²) in [4.78, 5) is 13.7. The van der Waals surface area contributed by atoms with Crippen LogP contribution in [-0.2, 0) is 6.54 Å². The average Bonchev–Trinajstić information content (AvgIpc) is 2.85. The van der Waals surface area contributed by atoms with E-state index in [1.165, 1.54) is 0 Å². The molecule has 1 saturated heterocycles. The van der Waals surface area contributed by atoms with Gasteiger partial charge in [-0.05, 0) is 44.5 Å². The average molecular weight is 263 g/mol. The van der Waals surface area contributed by atoms with Crippen LogP contribution < -0.4 is 4.74 Å². The third kappa shape index (κ3) is 3.14. The Bertz CT molecular complexity index is 459. The lowest BCUT2D eigenvalue weighted by Crippen LogP contribution is -2.31. The van der Waals surface area contributed by atoms with Gasteiger partial charge in [-0.1, -0.05) is 0 Å². The van der Waals surface area contributed by atoms with Crippen LogP contribution in [0.15, 0.2) is 18.2 Å². The number of likely N-dealkylation sites (tertiary alicyclic amines) is 1. The lowest BCUT2D eigenvalue weighted by Gasteiger charge is -2.23. The number of Topliss-reactive ketones (excluding diaryl/α,β-unsaturated/α-hetero) is 1. The second-order valence-corrected chi connectivity index (χ2v) is 5.03. The van der Waals surface area contributed by atoms with Crippen LogP contribution in [0.3, 0.4) is 0 Å². The standard InChI is InChI=1S/C15H21NO3/c1-11(18)12-5-6-15(19-2)13(8-12)9-16-7-3-4-14(16)10-17/h5-6,8,14,17H,3-4,7,9-10H2,1-2H3. The molecule has 1 aliphatic heterocycles. The summed E-state index contributed by atoms with van der Waals surface area (Å²) < 4.78 is 5.36. The zero-order chi connectivity index (χ0) is 13.8. The molecule has 0 aliphatic carbocycles. The van der Waals surface area contributed by atoms with Crippen LogP contribution in [0, 0.1) is 0 Å². The van der Waals surface area contributed by atoms with Gasteiger partial charge in [0.25, 0.3) is 0 Å². The van der Waals surface area contributed by atoms with Gasteiger partial charge >= 0.3 is 0 Å². The monoisotopic (exact) mass is 263 g/mol. The molecule has 0 saturated carbocycles. The zero-order valence-electron chi connectivity index (χ0n) is 11.6. The SMILES string of the molecule is COc1ccc(C(C)=O)cc1CN1CCCC1CO. The predicted octanol–water partition coefficient (Wildman–Crippen LogP) is 1.85. The number of rotatable bonds is 5. The largest absolute Gasteiger partial charge is 0.496 e. The van der Waals surface area contributed by atoms with Crippen molar-refractivity contribution in [3.63, 3.8) is 0 Å². The molecule has 0 bridgehead atoms. The molecule has 2 rings (SSSR count). The molecule has 1 aromatic carbocycles. The molecular formula is C15H21NO3. The highest BCUT2D eigenvalue weighted by Crippen LogP contribution is 2.26. The molecule has 4 nitrogen and oxygen atoms in total. The van der Waals surface area contributed by atoms with E-state index < -0.39 is 0 Å². The number of nitrogens with zero attached hydrogens (tertiary/aromatic N) is 1. The van der Waals surface area contributed by atoms with Crippen molar-refractivity contribution in [2.24, 2.45) is 0 Å². The normalized spacial score (nSPS) is 19.6. The first-order valence-electron chi connectivity index (χ1n) is 6.68. The Morgan fingerprint density at radius 2 is 2.32 bits per heavy atom. The highest BCUT2D eigenvalue weighted by Gasteiger charge is 2.24. The molecule has 0 radical (unpaired) electrons. The number of aliphatic hydroxyl groups excluding tert-OH is 1. The maximum Gasteiger partial charge on any atom is 0.159 e. The number of carbonyl (C=O) groups is 1. The van der Waals surface area contributed by atoms with Gasteiger partial charge in [-0.15, -0.1) is 0 Å². The van der Waals surface area contributed by atoms with Gasteiger partial charge in [-0.3, -0.25) is 9.69 Å². The van der Waals surface area contributed by atoms with Crippen LogP contribution in [0.25, 0.3) is 0 Å². The van der Waals surface area contributed by atoms with Crippen LogP contribution in [0.2, 0.25) is 0 Å². The van der Waals surface area contributed by atoms with E-state index in [4.69, 9.17) is 4.74 Å². The molecule has 1 atom stereocenters. The fourth-order valence-corrected chi connectivity index (χ4v) is 2.65. The summed E-state index contributed by atoms with van der Waals surface area (Å²) in [5.74, 6) is 0.859. The first-order chi connectivity index (χ1) is 9.15. The molecule has 1 aromatic rings. The Hall–Kier alpha value is -1.39. The predicted molar refractivity (Wildman–Crippen MR) is 73.5 cm³/mol. The molecule has 1 aliphatic rings. The summed E-state index contributed by atoms with van der Waals surface area (Å²) in [6, 6.07) is 5.76. The second-order valence-electron chi connectivity index (χ2n) is 5.03. The van der Waals surface area contributed by atoms with Gasteiger partial charge < -0.3 is 9.84 Å². The molecule has 4 heteroatoms. The van der Waals surface area contributed by atoms with E-state index in [9.17, 15) is 9.90 Å². The summed E-state index contributed by atoms with van der Waals surface area (Å²) in [6.45, 7) is 3.46. The van der Waals surface area contributed by atoms with Gasteiger partial charge in [0.2, 0.25) is 0 Å². The van der Waals surface area contributed by atoms with Crippen molar-refractivity contribution in [3.8, 4) is 5.75 Å².